The molecule has 0 aliphatic heterocycles. The van der Waals surface area contributed by atoms with Crippen LogP contribution in [0.15, 0.2) is 0 Å². The minimum Gasteiger partial charge on any atom is -0.481 e. The van der Waals surface area contributed by atoms with Gasteiger partial charge in [-0.05, 0) is 37.0 Å². The molecule has 0 heterocycles. The fourth-order valence-corrected chi connectivity index (χ4v) is 1.54. The number of aliphatic hydroxyl groups excluding tert-OH is 2. The summed E-state index contributed by atoms with van der Waals surface area (Å²) in [7, 11) is 0. The number of hydrogen-bond acceptors (Lipinski definition) is 6. The summed E-state index contributed by atoms with van der Waals surface area (Å²) >= 11 is 0. The van der Waals surface area contributed by atoms with Gasteiger partial charge in [0, 0.05) is 19.3 Å². The first-order valence-corrected chi connectivity index (χ1v) is 10.2. The van der Waals surface area contributed by atoms with Gasteiger partial charge in [-0.3, -0.25) is 14.4 Å². The number of hydrogen-bond donors (Lipinski definition) is 4. The maximum absolute atomic E-state index is 11.0. The third-order valence-electron chi connectivity index (χ3n) is 3.44. The standard InChI is InChI=1S/C9H18O4.2C6H12O2/c1-7(2)3-4-9(12)13-6-8(11)5-10;2*1-5(2)3-4-6(7)8/h7-8,10-11H,3-6H2,1-2H3;2*5H,3-4H2,1-2H3,(H,7,8). The van der Waals surface area contributed by atoms with Crippen molar-refractivity contribution < 1.29 is 39.5 Å². The number of carboxylic acid groups (broad SMARTS) is 2. The van der Waals surface area contributed by atoms with Gasteiger partial charge in [-0.2, -0.15) is 0 Å². The number of carboxylic acids is 2. The molecule has 0 spiro atoms. The van der Waals surface area contributed by atoms with E-state index in [1.807, 2.05) is 41.5 Å². The Hall–Kier alpha value is -1.67. The highest BCUT2D eigenvalue weighted by Gasteiger charge is 2.08. The highest BCUT2D eigenvalue weighted by atomic mass is 16.5. The van der Waals surface area contributed by atoms with Crippen molar-refractivity contribution in [3.05, 3.63) is 0 Å². The van der Waals surface area contributed by atoms with Crippen LogP contribution in [-0.2, 0) is 19.1 Å². The Labute approximate surface area is 175 Å². The summed E-state index contributed by atoms with van der Waals surface area (Å²) in [5.41, 5.74) is 0. The van der Waals surface area contributed by atoms with E-state index in [0.717, 1.165) is 19.3 Å². The molecular formula is C21H42O8. The lowest BCUT2D eigenvalue weighted by atomic mass is 10.1. The number of aliphatic hydroxyl groups is 2. The van der Waals surface area contributed by atoms with E-state index in [4.69, 9.17) is 25.2 Å². The third kappa shape index (κ3) is 37.7. The van der Waals surface area contributed by atoms with Gasteiger partial charge in [0.25, 0.3) is 0 Å². The molecule has 174 valence electrons. The number of carbonyl (C=O) groups excluding carboxylic acids is 1. The molecule has 8 heteroatoms. The van der Waals surface area contributed by atoms with Crippen molar-refractivity contribution in [1.29, 1.82) is 0 Å². The molecule has 29 heavy (non-hydrogen) atoms. The Morgan fingerprint density at radius 1 is 0.724 bits per heavy atom. The molecule has 0 fully saturated rings. The van der Waals surface area contributed by atoms with E-state index in [9.17, 15) is 14.4 Å². The van der Waals surface area contributed by atoms with Crippen molar-refractivity contribution in [2.24, 2.45) is 17.8 Å². The first-order chi connectivity index (χ1) is 13.3. The fraction of sp³-hybridized carbons (Fsp3) is 0.857. The monoisotopic (exact) mass is 422 g/mol. The van der Waals surface area contributed by atoms with Crippen molar-refractivity contribution in [2.75, 3.05) is 13.2 Å². The van der Waals surface area contributed by atoms with E-state index in [2.05, 4.69) is 0 Å². The molecular weight excluding hydrogens is 380 g/mol. The molecule has 0 aromatic carbocycles. The Morgan fingerprint density at radius 2 is 1.07 bits per heavy atom. The van der Waals surface area contributed by atoms with Crippen molar-refractivity contribution in [2.45, 2.75) is 86.2 Å². The van der Waals surface area contributed by atoms with E-state index in [1.54, 1.807) is 0 Å². The van der Waals surface area contributed by atoms with Crippen LogP contribution < -0.4 is 0 Å². The summed E-state index contributed by atoms with van der Waals surface area (Å²) in [6.45, 7) is 11.6. The largest absolute Gasteiger partial charge is 0.481 e. The first kappa shape index (κ1) is 32.0. The van der Waals surface area contributed by atoms with Crippen LogP contribution in [0.4, 0.5) is 0 Å². The first-order valence-electron chi connectivity index (χ1n) is 10.2. The maximum Gasteiger partial charge on any atom is 0.305 e. The molecule has 0 amide bonds. The second kappa shape index (κ2) is 21.0. The van der Waals surface area contributed by atoms with Crippen molar-refractivity contribution in [1.82, 2.24) is 0 Å². The molecule has 0 aromatic heterocycles. The zero-order valence-electron chi connectivity index (χ0n) is 18.9. The van der Waals surface area contributed by atoms with E-state index in [1.165, 1.54) is 0 Å². The van der Waals surface area contributed by atoms with Gasteiger partial charge in [-0.1, -0.05) is 41.5 Å². The molecule has 0 rings (SSSR count). The quantitative estimate of drug-likeness (QED) is 0.351. The highest BCUT2D eigenvalue weighted by molar-refractivity contribution is 5.69. The number of ether oxygens (including phenoxy) is 1. The van der Waals surface area contributed by atoms with Gasteiger partial charge in [0.05, 0.1) is 6.61 Å². The average Bonchev–Trinajstić information content (AvgIpc) is 2.62. The summed E-state index contributed by atoms with van der Waals surface area (Å²) < 4.78 is 4.70. The van der Waals surface area contributed by atoms with Crippen LogP contribution in [0.1, 0.15) is 80.1 Å². The summed E-state index contributed by atoms with van der Waals surface area (Å²) in [5.74, 6) is -0.230. The van der Waals surface area contributed by atoms with Gasteiger partial charge >= 0.3 is 17.9 Å². The van der Waals surface area contributed by atoms with E-state index < -0.39 is 18.0 Å². The number of rotatable bonds is 12. The van der Waals surface area contributed by atoms with E-state index in [0.29, 0.717) is 37.0 Å². The van der Waals surface area contributed by atoms with Crippen LogP contribution in [0.5, 0.6) is 0 Å². The zero-order chi connectivity index (χ0) is 23.4. The summed E-state index contributed by atoms with van der Waals surface area (Å²) in [4.78, 5) is 30.8. The van der Waals surface area contributed by atoms with Gasteiger partial charge in [0.1, 0.15) is 12.7 Å². The van der Waals surface area contributed by atoms with E-state index >= 15 is 0 Å². The topological polar surface area (TPSA) is 141 Å². The van der Waals surface area contributed by atoms with Gasteiger partial charge in [-0.25, -0.2) is 0 Å². The van der Waals surface area contributed by atoms with Crippen LogP contribution in [0.2, 0.25) is 0 Å². The van der Waals surface area contributed by atoms with E-state index in [-0.39, 0.29) is 19.2 Å². The summed E-state index contributed by atoms with van der Waals surface area (Å²) in [6.07, 6.45) is 2.38. The number of esters is 1. The highest BCUT2D eigenvalue weighted by Crippen LogP contribution is 2.04. The Kier molecular flexibility index (Phi) is 23.2. The SMILES string of the molecule is CC(C)CCC(=O)O.CC(C)CCC(=O)O.CC(C)CCC(=O)OCC(O)CO. The zero-order valence-corrected chi connectivity index (χ0v) is 18.9. The molecule has 0 bridgehead atoms. The van der Waals surface area contributed by atoms with Crippen LogP contribution in [0, 0.1) is 17.8 Å². The van der Waals surface area contributed by atoms with Crippen molar-refractivity contribution in [3.63, 3.8) is 0 Å². The van der Waals surface area contributed by atoms with Crippen LogP contribution >= 0.6 is 0 Å². The summed E-state index contributed by atoms with van der Waals surface area (Å²) in [5, 5.41) is 33.6. The number of carbonyl (C=O) groups is 3. The lowest BCUT2D eigenvalue weighted by Gasteiger charge is -2.08. The molecule has 0 aliphatic rings. The number of aliphatic carboxylic acids is 2. The minimum absolute atomic E-state index is 0.118. The van der Waals surface area contributed by atoms with Crippen LogP contribution in [0.3, 0.4) is 0 Å². The predicted molar refractivity (Wildman–Crippen MR) is 112 cm³/mol. The molecule has 0 aliphatic carbocycles. The second-order valence-electron chi connectivity index (χ2n) is 8.10. The smallest absolute Gasteiger partial charge is 0.305 e. The second-order valence-corrected chi connectivity index (χ2v) is 8.10. The Balaban J connectivity index is -0.000000368. The van der Waals surface area contributed by atoms with Crippen LogP contribution in [0.25, 0.3) is 0 Å². The normalized spacial score (nSPS) is 11.3. The van der Waals surface area contributed by atoms with Gasteiger partial charge < -0.3 is 25.2 Å². The molecule has 4 N–H and O–H groups in total. The average molecular weight is 423 g/mol. The van der Waals surface area contributed by atoms with Crippen molar-refractivity contribution >= 4 is 17.9 Å². The van der Waals surface area contributed by atoms with Crippen LogP contribution in [-0.4, -0.2) is 57.7 Å². The lowest BCUT2D eigenvalue weighted by molar-refractivity contribution is -0.147. The molecule has 1 unspecified atom stereocenters. The minimum atomic E-state index is -0.956. The maximum atomic E-state index is 11.0. The van der Waals surface area contributed by atoms with Gasteiger partial charge in [0.15, 0.2) is 0 Å². The molecule has 0 saturated carbocycles. The van der Waals surface area contributed by atoms with Gasteiger partial charge in [0.2, 0.25) is 0 Å². The summed E-state index contributed by atoms with van der Waals surface area (Å²) in [6, 6.07) is 0. The molecule has 8 nitrogen and oxygen atoms in total. The fourth-order valence-electron chi connectivity index (χ4n) is 1.54. The molecule has 0 saturated heterocycles. The third-order valence-corrected chi connectivity index (χ3v) is 3.44. The predicted octanol–water partition coefficient (Wildman–Crippen LogP) is 3.33. The molecule has 0 radical (unpaired) electrons. The Morgan fingerprint density at radius 3 is 1.31 bits per heavy atom. The van der Waals surface area contributed by atoms with Gasteiger partial charge in [-0.15, -0.1) is 0 Å². The Bertz CT molecular complexity index is 397. The lowest BCUT2D eigenvalue weighted by Crippen LogP contribution is -2.21. The van der Waals surface area contributed by atoms with Crippen molar-refractivity contribution in [3.8, 4) is 0 Å². The molecule has 0 aromatic rings. The molecule has 1 atom stereocenters.